The lowest BCUT2D eigenvalue weighted by Gasteiger charge is -2.49. The number of epoxide rings is 1. The van der Waals surface area contributed by atoms with E-state index in [1.165, 1.54) is 19.3 Å². The van der Waals surface area contributed by atoms with Crippen molar-refractivity contribution in [2.75, 3.05) is 19.6 Å². The van der Waals surface area contributed by atoms with Gasteiger partial charge in [-0.1, -0.05) is 20.3 Å². The molecule has 0 aromatic carbocycles. The Morgan fingerprint density at radius 2 is 1.92 bits per heavy atom. The van der Waals surface area contributed by atoms with E-state index < -0.39 is 0 Å². The highest BCUT2D eigenvalue weighted by atomic mass is 16.6. The van der Waals surface area contributed by atoms with Crippen LogP contribution in [0.5, 0.6) is 0 Å². The highest BCUT2D eigenvalue weighted by Crippen LogP contribution is 2.70. The SMILES string of the molecule is C[C@@H]1CN(C[C@H]2C(=O)O[C@@H]3C[C@@]4(C)CCC[C@H](C)[C@@]45O[C@H]5[C@@H]32)C[C@H](C)O1. The Balaban J connectivity index is 1.38. The van der Waals surface area contributed by atoms with Gasteiger partial charge in [-0.05, 0) is 39.0 Å². The van der Waals surface area contributed by atoms with Crippen LogP contribution in [0.15, 0.2) is 0 Å². The van der Waals surface area contributed by atoms with Gasteiger partial charge in [-0.3, -0.25) is 9.69 Å². The third-order valence-corrected chi connectivity index (χ3v) is 8.14. The molecule has 5 nitrogen and oxygen atoms in total. The van der Waals surface area contributed by atoms with E-state index in [0.717, 1.165) is 26.1 Å². The molecule has 0 radical (unpaired) electrons. The van der Waals surface area contributed by atoms with Gasteiger partial charge in [-0.25, -0.2) is 0 Å². The second-order valence-electron chi connectivity index (χ2n) is 10.0. The summed E-state index contributed by atoms with van der Waals surface area (Å²) in [5.74, 6) is 0.796. The van der Waals surface area contributed by atoms with Crippen molar-refractivity contribution in [3.05, 3.63) is 0 Å². The zero-order valence-electron chi connectivity index (χ0n) is 16.6. The van der Waals surface area contributed by atoms with Gasteiger partial charge in [-0.2, -0.15) is 0 Å². The fourth-order valence-corrected chi connectivity index (χ4v) is 7.15. The molecule has 146 valence electrons. The van der Waals surface area contributed by atoms with E-state index >= 15 is 0 Å². The number of hydrogen-bond acceptors (Lipinski definition) is 5. The monoisotopic (exact) mass is 363 g/mol. The highest BCUT2D eigenvalue weighted by molar-refractivity contribution is 5.76. The molecule has 1 spiro atoms. The third-order valence-electron chi connectivity index (χ3n) is 8.14. The van der Waals surface area contributed by atoms with E-state index in [2.05, 4.69) is 32.6 Å². The predicted octanol–water partition coefficient (Wildman–Crippen LogP) is 2.62. The Morgan fingerprint density at radius 1 is 1.19 bits per heavy atom. The summed E-state index contributed by atoms with van der Waals surface area (Å²) in [6, 6.07) is 0. The van der Waals surface area contributed by atoms with E-state index in [4.69, 9.17) is 14.2 Å². The minimum atomic E-state index is -0.0412. The Kier molecular flexibility index (Phi) is 3.81. The number of carbonyl (C=O) groups excluding carboxylic acids is 1. The van der Waals surface area contributed by atoms with Crippen LogP contribution in [0.3, 0.4) is 0 Å². The van der Waals surface area contributed by atoms with E-state index in [1.54, 1.807) is 0 Å². The van der Waals surface area contributed by atoms with Gasteiger partial charge >= 0.3 is 5.97 Å². The maximum Gasteiger partial charge on any atom is 0.311 e. The second-order valence-corrected chi connectivity index (χ2v) is 10.0. The number of ether oxygens (including phenoxy) is 3. The van der Waals surface area contributed by atoms with Gasteiger partial charge in [0.1, 0.15) is 11.7 Å². The first kappa shape index (κ1) is 17.4. The lowest BCUT2D eigenvalue weighted by atomic mass is 9.53. The fourth-order valence-electron chi connectivity index (χ4n) is 7.15. The van der Waals surface area contributed by atoms with Crippen LogP contribution in [0, 0.1) is 23.2 Å². The molecule has 5 fully saturated rings. The van der Waals surface area contributed by atoms with Gasteiger partial charge in [-0.15, -0.1) is 0 Å². The molecule has 26 heavy (non-hydrogen) atoms. The summed E-state index contributed by atoms with van der Waals surface area (Å²) >= 11 is 0. The minimum Gasteiger partial charge on any atom is -0.462 e. The van der Waals surface area contributed by atoms with Gasteiger partial charge in [0.15, 0.2) is 0 Å². The molecule has 5 rings (SSSR count). The molecular weight excluding hydrogens is 330 g/mol. The van der Waals surface area contributed by atoms with Gasteiger partial charge < -0.3 is 14.2 Å². The number of fused-ring (bicyclic) bond motifs is 2. The van der Waals surface area contributed by atoms with Crippen molar-refractivity contribution in [1.29, 1.82) is 0 Å². The Hall–Kier alpha value is -0.650. The molecule has 0 amide bonds. The van der Waals surface area contributed by atoms with Crippen LogP contribution in [0.4, 0.5) is 0 Å². The summed E-state index contributed by atoms with van der Waals surface area (Å²) in [7, 11) is 0. The molecule has 0 bridgehead atoms. The van der Waals surface area contributed by atoms with Crippen molar-refractivity contribution in [3.8, 4) is 0 Å². The lowest BCUT2D eigenvalue weighted by molar-refractivity contribution is -0.147. The van der Waals surface area contributed by atoms with Crippen LogP contribution in [-0.2, 0) is 19.0 Å². The molecule has 3 heterocycles. The number of rotatable bonds is 2. The van der Waals surface area contributed by atoms with Crippen molar-refractivity contribution >= 4 is 5.97 Å². The zero-order chi connectivity index (χ0) is 18.3. The first-order valence-electron chi connectivity index (χ1n) is 10.6. The highest BCUT2D eigenvalue weighted by Gasteiger charge is 2.78. The third kappa shape index (κ3) is 2.29. The summed E-state index contributed by atoms with van der Waals surface area (Å²) < 4.78 is 18.3. The molecule has 3 saturated heterocycles. The number of hydrogen-bond donors (Lipinski definition) is 0. The maximum atomic E-state index is 12.8. The predicted molar refractivity (Wildman–Crippen MR) is 96.7 cm³/mol. The normalized spacial score (nSPS) is 56.3. The molecule has 2 saturated carbocycles. The quantitative estimate of drug-likeness (QED) is 0.558. The molecule has 3 aliphatic heterocycles. The lowest BCUT2D eigenvalue weighted by Crippen LogP contribution is -2.55. The van der Waals surface area contributed by atoms with E-state index in [0.29, 0.717) is 5.92 Å². The number of morpholine rings is 1. The molecule has 0 N–H and O–H groups in total. The Morgan fingerprint density at radius 3 is 2.65 bits per heavy atom. The number of carbonyl (C=O) groups is 1. The topological polar surface area (TPSA) is 51.3 Å². The van der Waals surface area contributed by atoms with Crippen molar-refractivity contribution in [2.24, 2.45) is 23.2 Å². The largest absolute Gasteiger partial charge is 0.462 e. The maximum absolute atomic E-state index is 12.8. The summed E-state index contributed by atoms with van der Waals surface area (Å²) in [6.45, 7) is 11.6. The minimum absolute atomic E-state index is 0.00421. The van der Waals surface area contributed by atoms with Gasteiger partial charge in [0.05, 0.1) is 24.2 Å². The van der Waals surface area contributed by atoms with Crippen LogP contribution in [-0.4, -0.2) is 60.5 Å². The first-order chi connectivity index (χ1) is 12.3. The van der Waals surface area contributed by atoms with Crippen molar-refractivity contribution in [3.63, 3.8) is 0 Å². The fraction of sp³-hybridized carbons (Fsp3) is 0.952. The van der Waals surface area contributed by atoms with Gasteiger partial charge in [0.2, 0.25) is 0 Å². The molecule has 5 aliphatic rings. The van der Waals surface area contributed by atoms with Crippen molar-refractivity contribution in [1.82, 2.24) is 4.90 Å². The molecule has 0 aromatic heterocycles. The summed E-state index contributed by atoms with van der Waals surface area (Å²) in [5.41, 5.74) is 0.178. The molecule has 2 aliphatic carbocycles. The van der Waals surface area contributed by atoms with Gasteiger partial charge in [0.25, 0.3) is 0 Å². The van der Waals surface area contributed by atoms with Crippen molar-refractivity contribution in [2.45, 2.75) is 83.4 Å². The number of esters is 1. The Labute approximate surface area is 156 Å². The summed E-state index contributed by atoms with van der Waals surface area (Å²) in [6.07, 6.45) is 5.43. The van der Waals surface area contributed by atoms with Crippen LogP contribution in [0.25, 0.3) is 0 Å². The standard InChI is InChI=1S/C21H33NO4/c1-12-6-5-7-20(4)8-16-17(18-21(12,20)26-18)15(19(23)25-16)11-22-9-13(2)24-14(3)10-22/h12-18H,5-11H2,1-4H3/t12-,13-,14+,15+,16+,17+,18-,20+,21-/m0/s1. The van der Waals surface area contributed by atoms with Crippen LogP contribution in [0.1, 0.15) is 53.4 Å². The summed E-state index contributed by atoms with van der Waals surface area (Å²) in [5, 5.41) is 0. The average molecular weight is 363 g/mol. The molecule has 5 heteroatoms. The van der Waals surface area contributed by atoms with Crippen LogP contribution < -0.4 is 0 Å². The van der Waals surface area contributed by atoms with Crippen LogP contribution in [0.2, 0.25) is 0 Å². The molecule has 9 atom stereocenters. The zero-order valence-corrected chi connectivity index (χ0v) is 16.6. The first-order valence-corrected chi connectivity index (χ1v) is 10.6. The molecule has 0 aromatic rings. The van der Waals surface area contributed by atoms with E-state index in [1.807, 2.05) is 0 Å². The second kappa shape index (κ2) is 5.68. The smallest absolute Gasteiger partial charge is 0.311 e. The van der Waals surface area contributed by atoms with E-state index in [9.17, 15) is 4.79 Å². The van der Waals surface area contributed by atoms with E-state index in [-0.39, 0.29) is 53.2 Å². The number of nitrogens with zero attached hydrogens (tertiary/aromatic N) is 1. The Bertz CT molecular complexity index is 601. The average Bonchev–Trinajstić information content (AvgIpc) is 3.22. The van der Waals surface area contributed by atoms with Crippen molar-refractivity contribution < 1.29 is 19.0 Å². The van der Waals surface area contributed by atoms with Crippen LogP contribution >= 0.6 is 0 Å². The molecule has 0 unspecified atom stereocenters. The van der Waals surface area contributed by atoms with Gasteiger partial charge in [0, 0.05) is 31.0 Å². The summed E-state index contributed by atoms with van der Waals surface area (Å²) in [4.78, 5) is 15.2. The molecular formula is C21H33NO4.